The molecule has 0 N–H and O–H groups in total. The minimum Gasteiger partial charge on any atom is -0.315 e. The number of anilines is 1. The van der Waals surface area contributed by atoms with Gasteiger partial charge in [0.2, 0.25) is 5.91 Å². The third kappa shape index (κ3) is 2.46. The van der Waals surface area contributed by atoms with Gasteiger partial charge in [-0.15, -0.1) is 0 Å². The van der Waals surface area contributed by atoms with E-state index in [1.807, 2.05) is 43.5 Å². The van der Waals surface area contributed by atoms with Gasteiger partial charge in [0, 0.05) is 31.9 Å². The quantitative estimate of drug-likeness (QED) is 0.868. The molecule has 1 amide bonds. The van der Waals surface area contributed by atoms with Crippen LogP contribution in [0.5, 0.6) is 0 Å². The first kappa shape index (κ1) is 13.9. The van der Waals surface area contributed by atoms with E-state index in [2.05, 4.69) is 25.0 Å². The number of aryl methyl sites for hydroxylation is 2. The minimum absolute atomic E-state index is 0.0964. The summed E-state index contributed by atoms with van der Waals surface area (Å²) < 4.78 is 1.80. The zero-order valence-electron chi connectivity index (χ0n) is 13.0. The Morgan fingerprint density at radius 3 is 2.81 bits per heavy atom. The Labute approximate surface area is 125 Å². The number of benzene rings is 1. The van der Waals surface area contributed by atoms with Gasteiger partial charge in [0.05, 0.1) is 6.20 Å². The van der Waals surface area contributed by atoms with Crippen molar-refractivity contribution < 1.29 is 4.79 Å². The highest BCUT2D eigenvalue weighted by molar-refractivity contribution is 5.97. The SMILES string of the molecule is Cc1cccc(N(C)C(=O)[C@H]2C[C@H]2c2cnn(C)c2)c1C. The number of carbonyl (C=O) groups excluding carboxylic acids is 1. The van der Waals surface area contributed by atoms with Crippen molar-refractivity contribution in [3.8, 4) is 0 Å². The van der Waals surface area contributed by atoms with E-state index in [4.69, 9.17) is 0 Å². The van der Waals surface area contributed by atoms with E-state index in [1.54, 1.807) is 4.68 Å². The summed E-state index contributed by atoms with van der Waals surface area (Å²) in [4.78, 5) is 14.5. The van der Waals surface area contributed by atoms with Crippen molar-refractivity contribution in [1.29, 1.82) is 0 Å². The fourth-order valence-electron chi connectivity index (χ4n) is 2.93. The lowest BCUT2D eigenvalue weighted by molar-refractivity contribution is -0.119. The topological polar surface area (TPSA) is 38.1 Å². The lowest BCUT2D eigenvalue weighted by Gasteiger charge is -2.20. The monoisotopic (exact) mass is 283 g/mol. The van der Waals surface area contributed by atoms with Crippen LogP contribution in [0.2, 0.25) is 0 Å². The van der Waals surface area contributed by atoms with Crippen LogP contribution in [0.4, 0.5) is 5.69 Å². The zero-order chi connectivity index (χ0) is 15.1. The van der Waals surface area contributed by atoms with E-state index in [1.165, 1.54) is 16.7 Å². The molecule has 110 valence electrons. The van der Waals surface area contributed by atoms with E-state index in [-0.39, 0.29) is 11.8 Å². The molecular formula is C17H21N3O. The molecule has 0 spiro atoms. The number of hydrogen-bond acceptors (Lipinski definition) is 2. The normalized spacial score (nSPS) is 20.4. The van der Waals surface area contributed by atoms with Crippen molar-refractivity contribution >= 4 is 11.6 Å². The number of nitrogens with zero attached hydrogens (tertiary/aromatic N) is 3. The molecule has 1 heterocycles. The second-order valence-electron chi connectivity index (χ2n) is 6.01. The van der Waals surface area contributed by atoms with Crippen LogP contribution in [0, 0.1) is 19.8 Å². The van der Waals surface area contributed by atoms with Crippen LogP contribution in [-0.2, 0) is 11.8 Å². The van der Waals surface area contributed by atoms with Crippen molar-refractivity contribution in [2.24, 2.45) is 13.0 Å². The molecule has 2 atom stereocenters. The summed E-state index contributed by atoms with van der Waals surface area (Å²) in [7, 11) is 3.79. The van der Waals surface area contributed by atoms with Crippen LogP contribution >= 0.6 is 0 Å². The third-order valence-corrected chi connectivity index (χ3v) is 4.53. The highest BCUT2D eigenvalue weighted by Gasteiger charge is 2.46. The summed E-state index contributed by atoms with van der Waals surface area (Å²) in [6.07, 6.45) is 4.81. The van der Waals surface area contributed by atoms with Gasteiger partial charge in [0.1, 0.15) is 0 Å². The van der Waals surface area contributed by atoms with Crippen molar-refractivity contribution in [2.45, 2.75) is 26.2 Å². The first-order chi connectivity index (χ1) is 9.99. The van der Waals surface area contributed by atoms with Gasteiger partial charge in [-0.2, -0.15) is 5.10 Å². The molecule has 1 aliphatic carbocycles. The van der Waals surface area contributed by atoms with Crippen molar-refractivity contribution in [3.05, 3.63) is 47.3 Å². The highest BCUT2D eigenvalue weighted by atomic mass is 16.2. The standard InChI is InChI=1S/C17H21N3O/c1-11-6-5-7-16(12(11)2)20(4)17(21)15-8-14(15)13-9-18-19(3)10-13/h5-7,9-10,14-15H,8H2,1-4H3/t14-,15-/m0/s1. The van der Waals surface area contributed by atoms with Gasteiger partial charge in [0.25, 0.3) is 0 Å². The maximum atomic E-state index is 12.7. The molecule has 0 aliphatic heterocycles. The zero-order valence-corrected chi connectivity index (χ0v) is 13.0. The van der Waals surface area contributed by atoms with Crippen molar-refractivity contribution in [1.82, 2.24) is 9.78 Å². The molecule has 0 unspecified atom stereocenters. The van der Waals surface area contributed by atoms with Crippen molar-refractivity contribution in [3.63, 3.8) is 0 Å². The molecule has 1 fully saturated rings. The Balaban J connectivity index is 1.76. The predicted octanol–water partition coefficient (Wildman–Crippen LogP) is 2.80. The Kier molecular flexibility index (Phi) is 3.32. The molecule has 1 saturated carbocycles. The van der Waals surface area contributed by atoms with Gasteiger partial charge in [-0.25, -0.2) is 0 Å². The Morgan fingerprint density at radius 2 is 2.14 bits per heavy atom. The second kappa shape index (κ2) is 5.02. The van der Waals surface area contributed by atoms with Gasteiger partial charge in [-0.1, -0.05) is 12.1 Å². The molecule has 1 aromatic heterocycles. The molecule has 3 rings (SSSR count). The van der Waals surface area contributed by atoms with Gasteiger partial charge >= 0.3 is 0 Å². The fourth-order valence-corrected chi connectivity index (χ4v) is 2.93. The van der Waals surface area contributed by atoms with E-state index in [0.717, 1.165) is 12.1 Å². The van der Waals surface area contributed by atoms with E-state index >= 15 is 0 Å². The second-order valence-corrected chi connectivity index (χ2v) is 6.01. The molecule has 0 saturated heterocycles. The summed E-state index contributed by atoms with van der Waals surface area (Å²) in [6, 6.07) is 6.10. The number of rotatable bonds is 3. The average Bonchev–Trinajstić information content (AvgIpc) is 3.15. The summed E-state index contributed by atoms with van der Waals surface area (Å²) in [5, 5.41) is 4.19. The lowest BCUT2D eigenvalue weighted by Crippen LogP contribution is -2.29. The van der Waals surface area contributed by atoms with Crippen LogP contribution < -0.4 is 4.90 Å². The van der Waals surface area contributed by atoms with Crippen LogP contribution in [-0.4, -0.2) is 22.7 Å². The number of aromatic nitrogens is 2. The first-order valence-electron chi connectivity index (χ1n) is 7.31. The van der Waals surface area contributed by atoms with Crippen molar-refractivity contribution in [2.75, 3.05) is 11.9 Å². The Morgan fingerprint density at radius 1 is 1.38 bits per heavy atom. The fraction of sp³-hybridized carbons (Fsp3) is 0.412. The smallest absolute Gasteiger partial charge is 0.230 e. The number of carbonyl (C=O) groups is 1. The van der Waals surface area contributed by atoms with E-state index < -0.39 is 0 Å². The van der Waals surface area contributed by atoms with Gasteiger partial charge in [-0.05, 0) is 48.9 Å². The number of hydrogen-bond donors (Lipinski definition) is 0. The first-order valence-corrected chi connectivity index (χ1v) is 7.31. The largest absolute Gasteiger partial charge is 0.315 e. The molecule has 2 aromatic rings. The Bertz CT molecular complexity index is 689. The molecule has 0 radical (unpaired) electrons. The summed E-state index contributed by atoms with van der Waals surface area (Å²) in [5.74, 6) is 0.635. The average molecular weight is 283 g/mol. The Hall–Kier alpha value is -2.10. The summed E-state index contributed by atoms with van der Waals surface area (Å²) >= 11 is 0. The maximum absolute atomic E-state index is 12.7. The molecule has 4 nitrogen and oxygen atoms in total. The molecule has 1 aromatic carbocycles. The third-order valence-electron chi connectivity index (χ3n) is 4.53. The minimum atomic E-state index is 0.0964. The predicted molar refractivity (Wildman–Crippen MR) is 83.4 cm³/mol. The van der Waals surface area contributed by atoms with Crippen LogP contribution in [0.1, 0.15) is 29.0 Å². The molecular weight excluding hydrogens is 262 g/mol. The van der Waals surface area contributed by atoms with Crippen LogP contribution in [0.25, 0.3) is 0 Å². The van der Waals surface area contributed by atoms with Crippen LogP contribution in [0.3, 0.4) is 0 Å². The maximum Gasteiger partial charge on any atom is 0.230 e. The summed E-state index contributed by atoms with van der Waals surface area (Å²) in [5.41, 5.74) is 4.57. The highest BCUT2D eigenvalue weighted by Crippen LogP contribution is 2.48. The summed E-state index contributed by atoms with van der Waals surface area (Å²) in [6.45, 7) is 4.15. The van der Waals surface area contributed by atoms with Gasteiger partial charge in [0.15, 0.2) is 0 Å². The molecule has 4 heteroatoms. The number of amides is 1. The molecule has 1 aliphatic rings. The van der Waals surface area contributed by atoms with E-state index in [9.17, 15) is 4.79 Å². The van der Waals surface area contributed by atoms with Gasteiger partial charge < -0.3 is 4.90 Å². The molecule has 0 bridgehead atoms. The lowest BCUT2D eigenvalue weighted by atomic mass is 10.1. The van der Waals surface area contributed by atoms with E-state index in [0.29, 0.717) is 5.92 Å². The van der Waals surface area contributed by atoms with Crippen LogP contribution in [0.15, 0.2) is 30.6 Å². The molecule has 21 heavy (non-hydrogen) atoms. The van der Waals surface area contributed by atoms with Gasteiger partial charge in [-0.3, -0.25) is 9.48 Å².